The molecule has 8 aliphatic rings. The van der Waals surface area contributed by atoms with E-state index in [-0.39, 0.29) is 94.0 Å². The number of benzene rings is 6. The SMILES string of the molecule is CCC(=O)N1CCN(C[C@@H]2COc3cc(S(=O)(=O)NC(=O)c4ccc(N5CCN(CC6=C(c7ccc(Cl)cc7)CC(C)(C)CC6)CC5)cc4Oc4cnc5[nH]ccc5c4)cc([N+](=O)[O-])c3C2)CC1.COC(=O)N1CCN(C[C@@H]2COc3cc(S(=O)(=O)NC(=O)c4ccc(N5CCN(CC6=C(c7ccc(Cl)cc7)CC(C)(C)CC6)CC5)cc4Oc4cnc5[nH]ccc5c4)cc([N+](=O)[O-])c3C2)CC1. The first kappa shape index (κ1) is 95.5. The minimum atomic E-state index is -4.67. The van der Waals surface area contributed by atoms with E-state index in [9.17, 15) is 56.2 Å². The van der Waals surface area contributed by atoms with Crippen LogP contribution in [-0.2, 0) is 42.4 Å². The Balaban J connectivity index is 0.000000189. The fraction of sp³-hybridized carbons (Fsp3) is 0.414. The van der Waals surface area contributed by atoms with E-state index in [4.69, 9.17) is 46.9 Å². The number of aromatic amines is 2. The average molecular weight is 1930 g/mol. The number of rotatable bonds is 25. The number of anilines is 2. The van der Waals surface area contributed by atoms with Crippen LogP contribution in [0.4, 0.5) is 27.5 Å². The lowest BCUT2D eigenvalue weighted by atomic mass is 9.72. The van der Waals surface area contributed by atoms with E-state index in [1.165, 1.54) is 77.2 Å². The molecular formula is C99H112Cl2N16O17S2. The molecule has 4 saturated heterocycles. The molecule has 4 fully saturated rings. The Labute approximate surface area is 799 Å². The topological polar surface area (TPSA) is 376 Å². The van der Waals surface area contributed by atoms with Crippen molar-refractivity contribution in [1.29, 1.82) is 0 Å². The van der Waals surface area contributed by atoms with Crippen LogP contribution in [0.3, 0.4) is 0 Å². The van der Waals surface area contributed by atoms with Gasteiger partial charge in [-0.1, -0.05) is 93.2 Å². The number of sulfonamides is 2. The van der Waals surface area contributed by atoms with Gasteiger partial charge in [0.25, 0.3) is 43.2 Å². The standard InChI is InChI=1S/C50H57ClN8O8S.C49H55ClN8O9S/c1-4-47(60)58-21-17-55(18-22-58)30-33-23-42-44(59(62)63)26-40(27-45(42)66-32-33)68(64,65)54-49(61)41-10-9-38(25-46(41)67-39-24-35-12-14-52-48(35)53-29-39)57-19-15-56(16-20-57)31-36-11-13-50(2,3)28-43(36)34-5-7-37(51)8-6-34;1-49(2)12-10-35(42(27-49)33-4-6-36(50)7-5-33)30-55-14-18-56(19-15-55)37-8-9-40(45(24-37)67-38-23-34-11-13-51-46(34)52-28-38)47(59)53-68(63,64)39-25-43(58(61)62)41-22-32(31-66-44(41)26-39)29-54-16-20-57(21-17-54)48(60)65-3/h5-10,12,14,24-27,29,33H,4,11,13,15-23,28,30-32H2,1-3H3,(H,52,53)(H,54,61);4-9,11,13,23-26,28,32H,10,12,14-22,27,29-31H2,1-3H3,(H,51,52)(H,53,59)/t33-;32-/m11/s1. The lowest BCUT2D eigenvalue weighted by Gasteiger charge is -2.39. The van der Waals surface area contributed by atoms with Gasteiger partial charge < -0.3 is 53.3 Å². The number of pyridine rings is 2. The summed E-state index contributed by atoms with van der Waals surface area (Å²) in [7, 11) is -7.99. The molecule has 2 atom stereocenters. The van der Waals surface area contributed by atoms with Crippen LogP contribution in [0.25, 0.3) is 33.2 Å². The number of methoxy groups -OCH3 is 1. The second kappa shape index (κ2) is 40.6. The van der Waals surface area contributed by atoms with Crippen molar-refractivity contribution in [3.8, 4) is 34.5 Å². The first-order valence-electron chi connectivity index (χ1n) is 46.2. The third kappa shape index (κ3) is 22.4. The van der Waals surface area contributed by atoms with E-state index >= 15 is 0 Å². The molecular weight excluding hydrogens is 1820 g/mol. The molecule has 136 heavy (non-hydrogen) atoms. The van der Waals surface area contributed by atoms with Crippen molar-refractivity contribution in [1.82, 2.24) is 58.8 Å². The van der Waals surface area contributed by atoms with Gasteiger partial charge in [-0.05, 0) is 157 Å². The van der Waals surface area contributed by atoms with Gasteiger partial charge in [-0.15, -0.1) is 0 Å². The number of hydrogen-bond acceptors (Lipinski definition) is 25. The van der Waals surface area contributed by atoms with E-state index in [1.54, 1.807) is 53.7 Å². The summed E-state index contributed by atoms with van der Waals surface area (Å²) in [4.78, 5) is 107. The van der Waals surface area contributed by atoms with E-state index in [0.29, 0.717) is 133 Å². The number of H-pyrrole nitrogens is 2. The molecule has 0 bridgehead atoms. The third-order valence-electron chi connectivity index (χ3n) is 27.3. The number of halogens is 2. The third-order valence-corrected chi connectivity index (χ3v) is 30.4. The van der Waals surface area contributed by atoms with Gasteiger partial charge in [0.05, 0.1) is 74.6 Å². The number of nitro benzene ring substituents is 2. The number of allylic oxidation sites excluding steroid dienone is 2. The van der Waals surface area contributed by atoms with Crippen molar-refractivity contribution in [3.05, 3.63) is 233 Å². The van der Waals surface area contributed by atoms with E-state index < -0.39 is 62.9 Å². The number of hydrogen-bond donors (Lipinski definition) is 4. The Kier molecular flexibility index (Phi) is 28.5. The van der Waals surface area contributed by atoms with Crippen molar-refractivity contribution in [2.24, 2.45) is 22.7 Å². The first-order chi connectivity index (χ1) is 65.2. The maximum atomic E-state index is 14.1. The molecule has 2 aliphatic carbocycles. The minimum absolute atomic E-state index is 0.0570. The molecule has 6 aromatic carbocycles. The molecule has 10 aromatic rings. The summed E-state index contributed by atoms with van der Waals surface area (Å²) in [5, 5.41) is 27.9. The molecule has 4 amide bonds. The predicted octanol–water partition coefficient (Wildman–Crippen LogP) is 15.7. The Bertz CT molecular complexity index is 6130. The highest BCUT2D eigenvalue weighted by Crippen LogP contribution is 2.48. The van der Waals surface area contributed by atoms with Crippen LogP contribution in [-0.4, -0.2) is 251 Å². The van der Waals surface area contributed by atoms with Crippen LogP contribution in [0.1, 0.15) is 123 Å². The average Bonchev–Trinajstić information content (AvgIpc) is 1.08. The largest absolute Gasteiger partial charge is 0.493 e. The van der Waals surface area contributed by atoms with Crippen molar-refractivity contribution in [3.63, 3.8) is 0 Å². The van der Waals surface area contributed by atoms with Crippen molar-refractivity contribution in [2.45, 2.75) is 102 Å². The summed E-state index contributed by atoms with van der Waals surface area (Å²) in [6.07, 6.45) is 13.5. The second-order valence-electron chi connectivity index (χ2n) is 37.9. The maximum Gasteiger partial charge on any atom is 0.409 e. The van der Waals surface area contributed by atoms with Gasteiger partial charge in [-0.2, -0.15) is 0 Å². The summed E-state index contributed by atoms with van der Waals surface area (Å²) in [5.41, 5.74) is 11.1. The van der Waals surface area contributed by atoms with Gasteiger partial charge in [-0.3, -0.25) is 54.2 Å². The van der Waals surface area contributed by atoms with Crippen LogP contribution >= 0.6 is 23.2 Å². The van der Waals surface area contributed by atoms with Gasteiger partial charge in [-0.25, -0.2) is 41.0 Å². The van der Waals surface area contributed by atoms with Crippen LogP contribution in [0, 0.1) is 42.9 Å². The molecule has 0 unspecified atom stereocenters. The van der Waals surface area contributed by atoms with Crippen LogP contribution in [0.15, 0.2) is 179 Å². The van der Waals surface area contributed by atoms with Crippen LogP contribution < -0.4 is 38.2 Å². The highest BCUT2D eigenvalue weighted by molar-refractivity contribution is 7.90. The van der Waals surface area contributed by atoms with Gasteiger partial charge in [0.2, 0.25) is 5.91 Å². The molecule has 0 radical (unpaired) electrons. The van der Waals surface area contributed by atoms with Crippen molar-refractivity contribution < 1.29 is 69.5 Å². The van der Waals surface area contributed by atoms with Gasteiger partial charge in [0, 0.05) is 230 Å². The normalized spacial score (nSPS) is 19.1. The lowest BCUT2D eigenvalue weighted by Crippen LogP contribution is -2.50. The number of ether oxygens (including phenoxy) is 5. The zero-order valence-electron chi connectivity index (χ0n) is 77.0. The number of piperazine rings is 4. The van der Waals surface area contributed by atoms with Crippen LogP contribution in [0.2, 0.25) is 10.0 Å². The Morgan fingerprint density at radius 2 is 0.912 bits per heavy atom. The highest BCUT2D eigenvalue weighted by atomic mass is 35.5. The van der Waals surface area contributed by atoms with Gasteiger partial charge in [0.15, 0.2) is 0 Å². The van der Waals surface area contributed by atoms with Crippen LogP contribution in [0.5, 0.6) is 34.5 Å². The first-order valence-corrected chi connectivity index (χ1v) is 49.9. The van der Waals surface area contributed by atoms with Gasteiger partial charge >= 0.3 is 6.09 Å². The summed E-state index contributed by atoms with van der Waals surface area (Å²) in [5.74, 6) is -1.00. The van der Waals surface area contributed by atoms with Gasteiger partial charge in [0.1, 0.15) is 45.8 Å². The van der Waals surface area contributed by atoms with E-state index in [2.05, 4.69) is 111 Å². The molecule has 6 aliphatic heterocycles. The van der Waals surface area contributed by atoms with E-state index in [0.717, 1.165) is 122 Å². The molecule has 10 heterocycles. The second-order valence-corrected chi connectivity index (χ2v) is 42.1. The zero-order valence-corrected chi connectivity index (χ0v) is 80.1. The van der Waals surface area contributed by atoms with Crippen molar-refractivity contribution >= 4 is 123 Å². The predicted molar refractivity (Wildman–Crippen MR) is 519 cm³/mol. The number of nitrogens with one attached hydrogen (secondary N) is 4. The summed E-state index contributed by atoms with van der Waals surface area (Å²) >= 11 is 12.5. The molecule has 4 aromatic heterocycles. The number of fused-ring (bicyclic) bond motifs is 4. The Morgan fingerprint density at radius 1 is 0.515 bits per heavy atom. The summed E-state index contributed by atoms with van der Waals surface area (Å²) < 4.78 is 89.8. The molecule has 716 valence electrons. The lowest BCUT2D eigenvalue weighted by molar-refractivity contribution is -0.386. The smallest absolute Gasteiger partial charge is 0.409 e. The number of carbonyl (C=O) groups excluding carboxylic acids is 4. The summed E-state index contributed by atoms with van der Waals surface area (Å²) in [6, 6.07) is 38.1. The number of nitro groups is 2. The Morgan fingerprint density at radius 3 is 1.30 bits per heavy atom. The molecule has 18 rings (SSSR count). The molecule has 4 N–H and O–H groups in total. The molecule has 0 spiro atoms. The number of nitrogens with zero attached hydrogens (tertiary/aromatic N) is 12. The summed E-state index contributed by atoms with van der Waals surface area (Å²) in [6.45, 7) is 25.4. The fourth-order valence-corrected chi connectivity index (χ4v) is 21.9. The number of amides is 4. The highest BCUT2D eigenvalue weighted by Gasteiger charge is 2.39. The molecule has 37 heteroatoms. The monoisotopic (exact) mass is 1930 g/mol. The Hall–Kier alpha value is -12.2. The number of carbonyl (C=O) groups is 4. The number of aromatic nitrogens is 4. The van der Waals surface area contributed by atoms with Crippen molar-refractivity contribution in [2.75, 3.05) is 161 Å². The fourth-order valence-electron chi connectivity index (χ4n) is 19.7. The maximum absolute atomic E-state index is 14.1. The quantitative estimate of drug-likeness (QED) is 0.0305. The molecule has 33 nitrogen and oxygen atoms in total. The minimum Gasteiger partial charge on any atom is -0.493 e. The molecule has 0 saturated carbocycles. The zero-order chi connectivity index (χ0) is 95.5. The van der Waals surface area contributed by atoms with E-state index in [1.807, 2.05) is 48.2 Å².